The molecule has 0 aromatic carbocycles. The van der Waals surface area contributed by atoms with Crippen LogP contribution in [0.1, 0.15) is 20.3 Å². The number of halogens is 4. The molecule has 14 heavy (non-hydrogen) atoms. The summed E-state index contributed by atoms with van der Waals surface area (Å²) in [5, 5.41) is 0. The monoisotopic (exact) mass is 216 g/mol. The van der Waals surface area contributed by atoms with Crippen LogP contribution in [0, 0.1) is 5.92 Å². The highest BCUT2D eigenvalue weighted by Gasteiger charge is 2.40. The molecule has 0 radical (unpaired) electrons. The van der Waals surface area contributed by atoms with Crippen molar-refractivity contribution in [3.8, 4) is 0 Å². The van der Waals surface area contributed by atoms with Crippen molar-refractivity contribution in [2.75, 3.05) is 6.61 Å². The largest absolute Gasteiger partial charge is 0.466 e. The van der Waals surface area contributed by atoms with Crippen LogP contribution >= 0.6 is 0 Å². The summed E-state index contributed by atoms with van der Waals surface area (Å²) in [6, 6.07) is 0. The van der Waals surface area contributed by atoms with Gasteiger partial charge in [0.2, 0.25) is 0 Å². The third-order valence-corrected chi connectivity index (χ3v) is 1.54. The number of alkyl halides is 4. The normalized spacial score (nSPS) is 16.1. The first-order valence-corrected chi connectivity index (χ1v) is 4.07. The minimum atomic E-state index is -4.83. The first-order valence-electron chi connectivity index (χ1n) is 4.07. The molecule has 0 fully saturated rings. The highest BCUT2D eigenvalue weighted by molar-refractivity contribution is 5.65. The predicted octanol–water partition coefficient (Wildman–Crippen LogP) is 2.48. The summed E-state index contributed by atoms with van der Waals surface area (Å²) in [5.74, 6) is -1.23. The van der Waals surface area contributed by atoms with Crippen LogP contribution in [0.2, 0.25) is 0 Å². The Morgan fingerprint density at radius 1 is 1.43 bits per heavy atom. The number of rotatable bonds is 4. The number of esters is 1. The van der Waals surface area contributed by atoms with Gasteiger partial charge in [-0.05, 0) is 12.3 Å². The van der Waals surface area contributed by atoms with Crippen molar-refractivity contribution >= 4 is 5.97 Å². The molecule has 0 N–H and O–H groups in total. The second-order valence-electron chi connectivity index (χ2n) is 3.15. The number of carbonyl (C=O) groups excluding carboxylic acids is 1. The van der Waals surface area contributed by atoms with Gasteiger partial charge in [-0.2, -0.15) is 13.2 Å². The Morgan fingerprint density at radius 2 is 1.93 bits per heavy atom. The molecule has 2 nitrogen and oxygen atoms in total. The van der Waals surface area contributed by atoms with E-state index in [0.717, 1.165) is 6.92 Å². The first-order chi connectivity index (χ1) is 6.23. The maximum atomic E-state index is 12.4. The molecule has 0 heterocycles. The Bertz CT molecular complexity index is 190. The van der Waals surface area contributed by atoms with Crippen molar-refractivity contribution < 1.29 is 27.1 Å². The molecular weight excluding hydrogens is 204 g/mol. The van der Waals surface area contributed by atoms with Crippen molar-refractivity contribution in [3.63, 3.8) is 0 Å². The summed E-state index contributed by atoms with van der Waals surface area (Å²) in [6.07, 6.45) is -8.37. The highest BCUT2D eigenvalue weighted by Crippen LogP contribution is 2.27. The van der Waals surface area contributed by atoms with Crippen molar-refractivity contribution in [3.05, 3.63) is 0 Å². The molecule has 2 atom stereocenters. The van der Waals surface area contributed by atoms with Gasteiger partial charge in [-0.1, -0.05) is 6.92 Å². The molecule has 0 aromatic rings. The zero-order valence-corrected chi connectivity index (χ0v) is 7.90. The van der Waals surface area contributed by atoms with Gasteiger partial charge in [0.15, 0.2) is 6.17 Å². The van der Waals surface area contributed by atoms with E-state index in [1.54, 1.807) is 0 Å². The molecule has 0 spiro atoms. The number of hydrogen-bond donors (Lipinski definition) is 0. The molecule has 2 unspecified atom stereocenters. The maximum absolute atomic E-state index is 12.4. The van der Waals surface area contributed by atoms with Crippen LogP contribution in [0.3, 0.4) is 0 Å². The topological polar surface area (TPSA) is 26.3 Å². The zero-order chi connectivity index (χ0) is 11.4. The van der Waals surface area contributed by atoms with Crippen LogP contribution in [-0.4, -0.2) is 24.9 Å². The summed E-state index contributed by atoms with van der Waals surface area (Å²) in [4.78, 5) is 10.3. The van der Waals surface area contributed by atoms with Crippen molar-refractivity contribution in [1.82, 2.24) is 0 Å². The minimum absolute atomic E-state index is 0.189. The molecule has 0 aromatic heterocycles. The fourth-order valence-corrected chi connectivity index (χ4v) is 0.815. The number of hydrogen-bond acceptors (Lipinski definition) is 2. The second-order valence-corrected chi connectivity index (χ2v) is 3.15. The van der Waals surface area contributed by atoms with Gasteiger partial charge in [0.25, 0.3) is 0 Å². The lowest BCUT2D eigenvalue weighted by atomic mass is 10.1. The maximum Gasteiger partial charge on any atom is 0.419 e. The van der Waals surface area contributed by atoms with Crippen LogP contribution in [0.5, 0.6) is 0 Å². The third-order valence-electron chi connectivity index (χ3n) is 1.54. The lowest BCUT2D eigenvalue weighted by Gasteiger charge is -2.16. The van der Waals surface area contributed by atoms with Crippen molar-refractivity contribution in [1.29, 1.82) is 0 Å². The first kappa shape index (κ1) is 13.2. The summed E-state index contributed by atoms with van der Waals surface area (Å²) in [6.45, 7) is 2.34. The van der Waals surface area contributed by atoms with Crippen molar-refractivity contribution in [2.24, 2.45) is 5.92 Å². The average molecular weight is 216 g/mol. The van der Waals surface area contributed by atoms with Gasteiger partial charge in [-0.25, -0.2) is 4.39 Å². The van der Waals surface area contributed by atoms with Gasteiger partial charge in [-0.15, -0.1) is 0 Å². The van der Waals surface area contributed by atoms with Crippen LogP contribution < -0.4 is 0 Å². The Kier molecular flexibility index (Phi) is 4.87. The average Bonchev–Trinajstić information content (AvgIpc) is 1.99. The van der Waals surface area contributed by atoms with E-state index < -0.39 is 30.7 Å². The summed E-state index contributed by atoms with van der Waals surface area (Å²) < 4.78 is 52.0. The molecule has 0 saturated heterocycles. The third kappa shape index (κ3) is 5.77. The van der Waals surface area contributed by atoms with E-state index in [1.807, 2.05) is 0 Å². The van der Waals surface area contributed by atoms with Gasteiger partial charge in [0.05, 0.1) is 6.61 Å². The number of ether oxygens (including phenoxy) is 1. The Morgan fingerprint density at radius 3 is 2.29 bits per heavy atom. The van der Waals surface area contributed by atoms with Crippen molar-refractivity contribution in [2.45, 2.75) is 32.6 Å². The summed E-state index contributed by atoms with van der Waals surface area (Å²) in [7, 11) is 0. The molecule has 0 aliphatic rings. The molecule has 0 rings (SSSR count). The van der Waals surface area contributed by atoms with E-state index in [2.05, 4.69) is 4.74 Å². The van der Waals surface area contributed by atoms with E-state index in [1.165, 1.54) is 6.92 Å². The molecule has 6 heteroatoms. The Labute approximate surface area is 79.2 Å². The molecule has 0 amide bonds. The van der Waals surface area contributed by atoms with Gasteiger partial charge < -0.3 is 4.74 Å². The summed E-state index contributed by atoms with van der Waals surface area (Å²) in [5.41, 5.74) is 0. The lowest BCUT2D eigenvalue weighted by Crippen LogP contribution is -2.27. The molecule has 0 aliphatic heterocycles. The van der Waals surface area contributed by atoms with Crippen LogP contribution in [0.25, 0.3) is 0 Å². The Balaban J connectivity index is 3.82. The van der Waals surface area contributed by atoms with Crippen LogP contribution in [-0.2, 0) is 9.53 Å². The highest BCUT2D eigenvalue weighted by atomic mass is 19.4. The van der Waals surface area contributed by atoms with Gasteiger partial charge in [-0.3, -0.25) is 4.79 Å². The SMILES string of the molecule is CC(=O)OCC(C)CC(F)C(F)(F)F. The Hall–Kier alpha value is -0.810. The quantitative estimate of drug-likeness (QED) is 0.533. The van der Waals surface area contributed by atoms with E-state index in [4.69, 9.17) is 0 Å². The second kappa shape index (κ2) is 5.17. The molecular formula is C8H12F4O2. The molecule has 0 saturated carbocycles. The fourth-order valence-electron chi connectivity index (χ4n) is 0.815. The molecule has 0 aliphatic carbocycles. The minimum Gasteiger partial charge on any atom is -0.466 e. The van der Waals surface area contributed by atoms with Gasteiger partial charge >= 0.3 is 12.1 Å². The van der Waals surface area contributed by atoms with Gasteiger partial charge in [0.1, 0.15) is 0 Å². The van der Waals surface area contributed by atoms with Crippen LogP contribution in [0.4, 0.5) is 17.6 Å². The van der Waals surface area contributed by atoms with E-state index in [0.29, 0.717) is 0 Å². The fraction of sp³-hybridized carbons (Fsp3) is 0.875. The zero-order valence-electron chi connectivity index (χ0n) is 7.90. The van der Waals surface area contributed by atoms with Crippen LogP contribution in [0.15, 0.2) is 0 Å². The lowest BCUT2D eigenvalue weighted by molar-refractivity contribution is -0.185. The van der Waals surface area contributed by atoms with E-state index >= 15 is 0 Å². The summed E-state index contributed by atoms with van der Waals surface area (Å²) >= 11 is 0. The van der Waals surface area contributed by atoms with Gasteiger partial charge in [0, 0.05) is 6.92 Å². The van der Waals surface area contributed by atoms with E-state index in [-0.39, 0.29) is 6.61 Å². The standard InChI is InChI=1S/C8H12F4O2/c1-5(4-14-6(2)13)3-7(9)8(10,11)12/h5,7H,3-4H2,1-2H3. The molecule has 84 valence electrons. The smallest absolute Gasteiger partial charge is 0.419 e. The molecule has 0 bridgehead atoms. The predicted molar refractivity (Wildman–Crippen MR) is 41.4 cm³/mol. The van der Waals surface area contributed by atoms with E-state index in [9.17, 15) is 22.4 Å². The number of carbonyl (C=O) groups is 1.